The van der Waals surface area contributed by atoms with Crippen LogP contribution >= 0.6 is 23.3 Å². The van der Waals surface area contributed by atoms with Crippen molar-refractivity contribution in [3.63, 3.8) is 0 Å². The van der Waals surface area contributed by atoms with E-state index >= 15 is 0 Å². The molecule has 32 heavy (non-hydrogen) atoms. The summed E-state index contributed by atoms with van der Waals surface area (Å²) < 4.78 is 3.29. The quantitative estimate of drug-likeness (QED) is 0.165. The Bertz CT molecular complexity index is 1270. The summed E-state index contributed by atoms with van der Waals surface area (Å²) in [6.07, 6.45) is 4.60. The number of thiazole rings is 1. The molecule has 9 heteroatoms. The lowest BCUT2D eigenvalue weighted by molar-refractivity contribution is 0.102. The highest BCUT2D eigenvalue weighted by Crippen LogP contribution is 2.31. The molecule has 5 N–H and O–H groups in total. The van der Waals surface area contributed by atoms with Gasteiger partial charge in [0, 0.05) is 39.5 Å². The second-order valence-electron chi connectivity index (χ2n) is 6.86. The van der Waals surface area contributed by atoms with Gasteiger partial charge in [0.1, 0.15) is 5.69 Å². The number of rotatable bonds is 7. The predicted molar refractivity (Wildman–Crippen MR) is 133 cm³/mol. The zero-order valence-electron chi connectivity index (χ0n) is 17.1. The molecule has 4 rings (SSSR count). The molecule has 160 valence electrons. The molecular weight excluding hydrogens is 440 g/mol. The molecule has 0 fully saturated rings. The Hall–Kier alpha value is -3.69. The highest BCUT2D eigenvalue weighted by molar-refractivity contribution is 8.00. The highest BCUT2D eigenvalue weighted by Gasteiger charge is 2.15. The number of nitrogen functional groups attached to an aromatic ring is 1. The summed E-state index contributed by atoms with van der Waals surface area (Å²) in [5.41, 5.74) is 10.2. The number of hydrogen-bond donors (Lipinski definition) is 4. The van der Waals surface area contributed by atoms with Crippen LogP contribution < -0.4 is 15.8 Å². The first kappa shape index (κ1) is 21.5. The smallest absolute Gasteiger partial charge is 0.275 e. The van der Waals surface area contributed by atoms with Crippen molar-refractivity contribution in [2.45, 2.75) is 11.8 Å². The number of benzene rings is 2. The number of nitrogens with one attached hydrogen (secondary N) is 3. The molecule has 0 saturated carbocycles. The number of nitrogens with two attached hydrogens (primary N) is 1. The Labute approximate surface area is 193 Å². The maximum absolute atomic E-state index is 12.6. The van der Waals surface area contributed by atoms with Crippen molar-refractivity contribution in [3.8, 4) is 11.1 Å². The monoisotopic (exact) mass is 460 g/mol. The summed E-state index contributed by atoms with van der Waals surface area (Å²) in [4.78, 5) is 22.3. The van der Waals surface area contributed by atoms with Crippen LogP contribution in [0, 0.1) is 12.3 Å². The standard InChI is InChI=1S/C23H20N6OS2/c1-14-27-22(13-31-14)23(30)28-21-9-15(8-20(25)19(21)10-24)16-7-17(12-26-11-16)29-32-18-5-3-2-4-6-18/h2-13,24,29H,25H2,1H3,(H,28,30). The van der Waals surface area contributed by atoms with E-state index in [1.807, 2.05) is 43.3 Å². The maximum atomic E-state index is 12.6. The van der Waals surface area contributed by atoms with E-state index in [1.54, 1.807) is 29.9 Å². The molecule has 2 heterocycles. The summed E-state index contributed by atoms with van der Waals surface area (Å²) in [6, 6.07) is 15.5. The van der Waals surface area contributed by atoms with E-state index in [-0.39, 0.29) is 5.91 Å². The number of hydrogen-bond acceptors (Lipinski definition) is 8. The van der Waals surface area contributed by atoms with Crippen molar-refractivity contribution >= 4 is 52.5 Å². The van der Waals surface area contributed by atoms with E-state index < -0.39 is 0 Å². The zero-order chi connectivity index (χ0) is 22.5. The van der Waals surface area contributed by atoms with Crippen molar-refractivity contribution in [1.82, 2.24) is 9.97 Å². The van der Waals surface area contributed by atoms with Crippen molar-refractivity contribution in [2.75, 3.05) is 15.8 Å². The van der Waals surface area contributed by atoms with Crippen LogP contribution in [0.2, 0.25) is 0 Å². The van der Waals surface area contributed by atoms with Crippen LogP contribution in [0.4, 0.5) is 17.1 Å². The Morgan fingerprint density at radius 1 is 1.16 bits per heavy atom. The summed E-state index contributed by atoms with van der Waals surface area (Å²) in [6.45, 7) is 1.84. The SMILES string of the molecule is Cc1nc(C(=O)Nc2cc(-c3cncc(NSc4ccccc4)c3)cc(N)c2C=N)cs1. The van der Waals surface area contributed by atoms with Crippen LogP contribution in [0.3, 0.4) is 0 Å². The molecule has 7 nitrogen and oxygen atoms in total. The van der Waals surface area contributed by atoms with Crippen LogP contribution in [0.15, 0.2) is 71.2 Å². The van der Waals surface area contributed by atoms with Gasteiger partial charge in [-0.2, -0.15) is 0 Å². The van der Waals surface area contributed by atoms with E-state index in [0.717, 1.165) is 32.9 Å². The third kappa shape index (κ3) is 4.96. The van der Waals surface area contributed by atoms with Gasteiger partial charge in [-0.1, -0.05) is 18.2 Å². The molecule has 0 spiro atoms. The molecule has 4 aromatic rings. The number of aromatic nitrogens is 2. The van der Waals surface area contributed by atoms with Gasteiger partial charge in [0.15, 0.2) is 0 Å². The van der Waals surface area contributed by atoms with Crippen LogP contribution in [0.1, 0.15) is 21.1 Å². The van der Waals surface area contributed by atoms with Crippen LogP contribution in [-0.2, 0) is 0 Å². The Morgan fingerprint density at radius 2 is 1.97 bits per heavy atom. The highest BCUT2D eigenvalue weighted by atomic mass is 32.2. The Balaban J connectivity index is 1.61. The van der Waals surface area contributed by atoms with E-state index in [9.17, 15) is 4.79 Å². The van der Waals surface area contributed by atoms with Gasteiger partial charge in [0.2, 0.25) is 0 Å². The summed E-state index contributed by atoms with van der Waals surface area (Å²) in [7, 11) is 0. The molecule has 0 bridgehead atoms. The van der Waals surface area contributed by atoms with Gasteiger partial charge in [-0.25, -0.2) is 4.98 Å². The minimum Gasteiger partial charge on any atom is -0.398 e. The predicted octanol–water partition coefficient (Wildman–Crippen LogP) is 5.46. The lowest BCUT2D eigenvalue weighted by atomic mass is 10.0. The normalized spacial score (nSPS) is 10.5. The average molecular weight is 461 g/mol. The van der Waals surface area contributed by atoms with E-state index in [0.29, 0.717) is 22.6 Å². The van der Waals surface area contributed by atoms with Crippen LogP contribution in [0.25, 0.3) is 11.1 Å². The molecule has 0 aliphatic heterocycles. The van der Waals surface area contributed by atoms with Crippen LogP contribution in [-0.4, -0.2) is 22.1 Å². The number of amides is 1. The molecule has 2 aromatic heterocycles. The van der Waals surface area contributed by atoms with Gasteiger partial charge >= 0.3 is 0 Å². The molecule has 0 unspecified atom stereocenters. The largest absolute Gasteiger partial charge is 0.398 e. The second kappa shape index (κ2) is 9.63. The lowest BCUT2D eigenvalue weighted by Crippen LogP contribution is -2.14. The van der Waals surface area contributed by atoms with E-state index in [2.05, 4.69) is 20.0 Å². The van der Waals surface area contributed by atoms with Gasteiger partial charge in [-0.3, -0.25) is 9.78 Å². The number of carbonyl (C=O) groups is 1. The van der Waals surface area contributed by atoms with Gasteiger partial charge in [-0.05, 0) is 54.8 Å². The molecule has 0 aliphatic rings. The topological polar surface area (TPSA) is 117 Å². The lowest BCUT2D eigenvalue weighted by Gasteiger charge is -2.13. The molecule has 0 aliphatic carbocycles. The fourth-order valence-corrected chi connectivity index (χ4v) is 4.25. The minimum absolute atomic E-state index is 0.332. The molecule has 0 radical (unpaired) electrons. The number of aryl methyl sites for hydroxylation is 1. The van der Waals surface area contributed by atoms with Gasteiger partial charge < -0.3 is 21.2 Å². The van der Waals surface area contributed by atoms with Gasteiger partial charge in [0.25, 0.3) is 5.91 Å². The van der Waals surface area contributed by atoms with Crippen molar-refractivity contribution < 1.29 is 4.79 Å². The number of carbonyl (C=O) groups excluding carboxylic acids is 1. The van der Waals surface area contributed by atoms with Crippen molar-refractivity contribution in [2.24, 2.45) is 0 Å². The van der Waals surface area contributed by atoms with Crippen molar-refractivity contribution in [1.29, 1.82) is 5.41 Å². The van der Waals surface area contributed by atoms with Crippen molar-refractivity contribution in [3.05, 3.63) is 82.6 Å². The van der Waals surface area contributed by atoms with Gasteiger partial charge in [0.05, 0.1) is 22.6 Å². The van der Waals surface area contributed by atoms with E-state index in [1.165, 1.54) is 23.3 Å². The first-order valence-electron chi connectivity index (χ1n) is 9.64. The van der Waals surface area contributed by atoms with E-state index in [4.69, 9.17) is 11.1 Å². The third-order valence-corrected chi connectivity index (χ3v) is 6.18. The van der Waals surface area contributed by atoms with Crippen LogP contribution in [0.5, 0.6) is 0 Å². The first-order chi connectivity index (χ1) is 15.5. The molecular formula is C23H20N6OS2. The third-order valence-electron chi connectivity index (χ3n) is 4.56. The molecule has 2 aromatic carbocycles. The Kier molecular flexibility index (Phi) is 6.48. The molecule has 1 amide bonds. The summed E-state index contributed by atoms with van der Waals surface area (Å²) in [5.74, 6) is -0.346. The minimum atomic E-state index is -0.346. The average Bonchev–Trinajstić information content (AvgIpc) is 3.25. The van der Waals surface area contributed by atoms with Gasteiger partial charge in [-0.15, -0.1) is 11.3 Å². The summed E-state index contributed by atoms with van der Waals surface area (Å²) in [5, 5.41) is 13.1. The Morgan fingerprint density at radius 3 is 2.69 bits per heavy atom. The number of pyridine rings is 1. The zero-order valence-corrected chi connectivity index (χ0v) is 18.8. The summed E-state index contributed by atoms with van der Waals surface area (Å²) >= 11 is 2.89. The fourth-order valence-electron chi connectivity index (χ4n) is 3.02. The fraction of sp³-hybridized carbons (Fsp3) is 0.0435. The molecule has 0 atom stereocenters. The maximum Gasteiger partial charge on any atom is 0.275 e. The second-order valence-corrected chi connectivity index (χ2v) is 8.80. The number of nitrogens with zero attached hydrogens (tertiary/aromatic N) is 2. The molecule has 0 saturated heterocycles. The number of anilines is 3. The first-order valence-corrected chi connectivity index (χ1v) is 11.3.